The number of nitrogens with one attached hydrogen (secondary N) is 1. The Morgan fingerprint density at radius 2 is 1.90 bits per heavy atom. The Balaban J connectivity index is 1.30. The van der Waals surface area contributed by atoms with E-state index in [9.17, 15) is 9.59 Å². The second-order valence-electron chi connectivity index (χ2n) is 10.0. The average molecular weight is 562 g/mol. The predicted molar refractivity (Wildman–Crippen MR) is 141 cm³/mol. The lowest BCUT2D eigenvalue weighted by Gasteiger charge is -2.37. The summed E-state index contributed by atoms with van der Waals surface area (Å²) in [6.07, 6.45) is 2.18. The highest BCUT2D eigenvalue weighted by atomic mass is 35.5. The number of anilines is 2. The molecule has 1 saturated heterocycles. The lowest BCUT2D eigenvalue weighted by Crippen LogP contribution is -2.54. The monoisotopic (exact) mass is 561 g/mol. The van der Waals surface area contributed by atoms with Crippen molar-refractivity contribution in [1.29, 1.82) is 0 Å². The number of Topliss-reactive ketones (excluding diaryl/α,β-unsaturated/α-hetero) is 1. The summed E-state index contributed by atoms with van der Waals surface area (Å²) < 4.78 is 47.9. The van der Waals surface area contributed by atoms with Crippen molar-refractivity contribution in [1.82, 2.24) is 9.88 Å². The summed E-state index contributed by atoms with van der Waals surface area (Å²) in [6, 6.07) is 9.71. The summed E-state index contributed by atoms with van der Waals surface area (Å²) in [5.74, 6) is -4.88. The molecule has 5 rings (SSSR count). The molecule has 8 nitrogen and oxygen atoms in total. The fourth-order valence-corrected chi connectivity index (χ4v) is 5.50. The number of rotatable bonds is 9. The van der Waals surface area contributed by atoms with Crippen LogP contribution in [0.2, 0.25) is 5.02 Å². The number of carbonyl (C=O) groups is 2. The molecule has 1 unspecified atom stereocenters. The van der Waals surface area contributed by atoms with Gasteiger partial charge >= 0.3 is 11.9 Å². The molecule has 0 amide bonds. The molecule has 0 spiro atoms. The fourth-order valence-electron chi connectivity index (χ4n) is 5.27. The van der Waals surface area contributed by atoms with Gasteiger partial charge < -0.3 is 19.2 Å². The van der Waals surface area contributed by atoms with Crippen molar-refractivity contribution in [3.63, 3.8) is 0 Å². The number of likely N-dealkylation sites (tertiary alicyclic amines) is 1. The molecule has 1 atom stereocenters. The molecule has 2 aliphatic rings. The lowest BCUT2D eigenvalue weighted by atomic mass is 9.87. The van der Waals surface area contributed by atoms with Gasteiger partial charge in [-0.1, -0.05) is 23.7 Å². The summed E-state index contributed by atoms with van der Waals surface area (Å²) in [5.41, 5.74) is 1.33. The average Bonchev–Trinajstić information content (AvgIpc) is 3.62. The standard InChI is InChI=1S/C28H30ClF2N3O5/c1-37-26(36)17-8-10-19(11-9-17)39-28(31,34-12-4-5-13-34)25(35)15-18-14-20(29)23(16-21(18)30)33-27-32-22-6-2-3-7-24(22)38-27/h2-3,6-7,14,16-17,19H,4-5,8-13,15H2,1H3,(H,32,33)/t17-,19-,28?. The van der Waals surface area contributed by atoms with E-state index in [2.05, 4.69) is 10.3 Å². The summed E-state index contributed by atoms with van der Waals surface area (Å²) >= 11 is 6.40. The molecule has 39 heavy (non-hydrogen) atoms. The highest BCUT2D eigenvalue weighted by molar-refractivity contribution is 6.33. The quantitative estimate of drug-likeness (QED) is 0.253. The Hall–Kier alpha value is -3.08. The molecule has 0 radical (unpaired) electrons. The maximum atomic E-state index is 16.5. The summed E-state index contributed by atoms with van der Waals surface area (Å²) in [6.45, 7) is 0.715. The second kappa shape index (κ2) is 11.6. The molecule has 208 valence electrons. The Kier molecular flexibility index (Phi) is 8.16. The van der Waals surface area contributed by atoms with Gasteiger partial charge in [0.2, 0.25) is 5.78 Å². The number of ether oxygens (including phenoxy) is 2. The van der Waals surface area contributed by atoms with Gasteiger partial charge in [0, 0.05) is 19.5 Å². The molecule has 3 aromatic rings. The van der Waals surface area contributed by atoms with Crippen LogP contribution < -0.4 is 5.32 Å². The van der Waals surface area contributed by atoms with E-state index in [1.807, 2.05) is 6.07 Å². The number of oxazole rings is 1. The number of hydrogen-bond donors (Lipinski definition) is 1. The zero-order chi connectivity index (χ0) is 27.6. The van der Waals surface area contributed by atoms with Gasteiger partial charge in [0.25, 0.3) is 6.01 Å². The van der Waals surface area contributed by atoms with Crippen molar-refractivity contribution < 1.29 is 32.3 Å². The lowest BCUT2D eigenvalue weighted by molar-refractivity contribution is -0.252. The molecule has 2 aromatic carbocycles. The molecule has 1 N–H and O–H groups in total. The number of aromatic nitrogens is 1. The fraction of sp³-hybridized carbons (Fsp3) is 0.464. The molecule has 1 aliphatic heterocycles. The SMILES string of the molecule is COC(=O)[C@H]1CC[C@H](OC(F)(C(=O)Cc2cc(Cl)c(Nc3nc4ccccc4o3)cc2F)N2CCCC2)CC1. The van der Waals surface area contributed by atoms with Crippen LogP contribution in [-0.4, -0.2) is 53.9 Å². The number of esters is 1. The van der Waals surface area contributed by atoms with Crippen molar-refractivity contribution in [2.24, 2.45) is 5.92 Å². The smallest absolute Gasteiger partial charge is 0.330 e. The van der Waals surface area contributed by atoms with Crippen LogP contribution in [0.1, 0.15) is 44.1 Å². The number of carbonyl (C=O) groups excluding carboxylic acids is 2. The van der Waals surface area contributed by atoms with Crippen LogP contribution in [0.15, 0.2) is 40.8 Å². The number of methoxy groups -OCH3 is 1. The number of para-hydroxylation sites is 2. The maximum absolute atomic E-state index is 16.5. The largest absolute Gasteiger partial charge is 0.469 e. The second-order valence-corrected chi connectivity index (χ2v) is 10.4. The van der Waals surface area contributed by atoms with Crippen LogP contribution in [-0.2, 0) is 25.5 Å². The minimum absolute atomic E-state index is 0.0488. The third kappa shape index (κ3) is 5.92. The Morgan fingerprint density at radius 1 is 1.18 bits per heavy atom. The van der Waals surface area contributed by atoms with Gasteiger partial charge in [0.05, 0.1) is 29.8 Å². The van der Waals surface area contributed by atoms with Gasteiger partial charge in [-0.05, 0) is 68.4 Å². The van der Waals surface area contributed by atoms with Crippen molar-refractivity contribution >= 4 is 46.2 Å². The predicted octanol–water partition coefficient (Wildman–Crippen LogP) is 5.94. The van der Waals surface area contributed by atoms with E-state index in [1.165, 1.54) is 18.1 Å². The van der Waals surface area contributed by atoms with Gasteiger partial charge in [0.1, 0.15) is 11.3 Å². The summed E-state index contributed by atoms with van der Waals surface area (Å²) in [5, 5.41) is 2.97. The number of halogens is 3. The minimum Gasteiger partial charge on any atom is -0.469 e. The van der Waals surface area contributed by atoms with Crippen LogP contribution >= 0.6 is 11.6 Å². The first kappa shape index (κ1) is 27.5. The van der Waals surface area contributed by atoms with Crippen LogP contribution in [0.25, 0.3) is 11.1 Å². The minimum atomic E-state index is -2.70. The molecule has 11 heteroatoms. The number of ketones is 1. The Bertz CT molecular complexity index is 1320. The molecule has 2 fully saturated rings. The highest BCUT2D eigenvalue weighted by Crippen LogP contribution is 2.36. The van der Waals surface area contributed by atoms with E-state index in [0.717, 1.165) is 18.9 Å². The summed E-state index contributed by atoms with van der Waals surface area (Å²) in [4.78, 5) is 30.9. The van der Waals surface area contributed by atoms with E-state index in [1.54, 1.807) is 18.2 Å². The zero-order valence-corrected chi connectivity index (χ0v) is 22.3. The molecule has 1 aliphatic carbocycles. The van der Waals surface area contributed by atoms with Crippen LogP contribution in [0.4, 0.5) is 20.5 Å². The molecule has 0 bridgehead atoms. The molecule has 2 heterocycles. The first-order chi connectivity index (χ1) is 18.8. The number of hydrogen-bond acceptors (Lipinski definition) is 8. The first-order valence-corrected chi connectivity index (χ1v) is 13.5. The first-order valence-electron chi connectivity index (χ1n) is 13.1. The Labute approximate surface area is 229 Å². The van der Waals surface area contributed by atoms with Crippen LogP contribution in [0, 0.1) is 11.7 Å². The number of fused-ring (bicyclic) bond motifs is 1. The van der Waals surface area contributed by atoms with Gasteiger partial charge in [-0.25, -0.2) is 9.29 Å². The number of nitrogens with zero attached hydrogens (tertiary/aromatic N) is 2. The van der Waals surface area contributed by atoms with Crippen molar-refractivity contribution in [3.05, 3.63) is 52.8 Å². The third-order valence-corrected chi connectivity index (χ3v) is 7.72. The zero-order valence-electron chi connectivity index (χ0n) is 21.6. The van der Waals surface area contributed by atoms with Gasteiger partial charge in [-0.3, -0.25) is 9.59 Å². The number of alkyl halides is 1. The maximum Gasteiger partial charge on any atom is 0.330 e. The number of benzene rings is 2. The van der Waals surface area contributed by atoms with E-state index in [-0.39, 0.29) is 34.2 Å². The molecular formula is C28H30ClF2N3O5. The van der Waals surface area contributed by atoms with E-state index in [4.69, 9.17) is 25.5 Å². The van der Waals surface area contributed by atoms with Gasteiger partial charge in [-0.2, -0.15) is 9.37 Å². The highest BCUT2D eigenvalue weighted by Gasteiger charge is 2.49. The van der Waals surface area contributed by atoms with E-state index >= 15 is 8.78 Å². The van der Waals surface area contributed by atoms with Crippen molar-refractivity contribution in [2.75, 3.05) is 25.5 Å². The van der Waals surface area contributed by atoms with E-state index < -0.39 is 30.1 Å². The summed E-state index contributed by atoms with van der Waals surface area (Å²) in [7, 11) is 1.34. The Morgan fingerprint density at radius 3 is 2.59 bits per heavy atom. The molecule has 1 aromatic heterocycles. The topological polar surface area (TPSA) is 93.9 Å². The third-order valence-electron chi connectivity index (χ3n) is 7.41. The van der Waals surface area contributed by atoms with Crippen LogP contribution in [0.5, 0.6) is 0 Å². The molecule has 1 saturated carbocycles. The molecular weight excluding hydrogens is 532 g/mol. The van der Waals surface area contributed by atoms with Crippen LogP contribution in [0.3, 0.4) is 0 Å². The van der Waals surface area contributed by atoms with Crippen molar-refractivity contribution in [3.8, 4) is 0 Å². The van der Waals surface area contributed by atoms with Crippen molar-refractivity contribution in [2.45, 2.75) is 57.0 Å². The van der Waals surface area contributed by atoms with Gasteiger partial charge in [0.15, 0.2) is 5.58 Å². The van der Waals surface area contributed by atoms with E-state index in [0.29, 0.717) is 49.9 Å². The van der Waals surface area contributed by atoms with Gasteiger partial charge in [-0.15, -0.1) is 0 Å². The normalized spacial score (nSPS) is 21.5.